The van der Waals surface area contributed by atoms with Crippen molar-refractivity contribution in [1.82, 2.24) is 9.88 Å². The van der Waals surface area contributed by atoms with Gasteiger partial charge in [0, 0.05) is 13.1 Å². The molecule has 0 aliphatic carbocycles. The number of aromatic nitrogens is 1. The predicted molar refractivity (Wildman–Crippen MR) is 74.3 cm³/mol. The van der Waals surface area contributed by atoms with Crippen LogP contribution in [-0.2, 0) is 0 Å². The molecule has 0 aromatic carbocycles. The molecular weight excluding hydrogens is 260 g/mol. The molecule has 5 heteroatoms. The van der Waals surface area contributed by atoms with Crippen LogP contribution in [0.1, 0.15) is 35.5 Å². The Morgan fingerprint density at radius 2 is 2.16 bits per heavy atom. The summed E-state index contributed by atoms with van der Waals surface area (Å²) in [7, 11) is 0. The van der Waals surface area contributed by atoms with Crippen LogP contribution in [-0.4, -0.2) is 28.9 Å². The lowest BCUT2D eigenvalue weighted by Crippen LogP contribution is -2.36. The highest BCUT2D eigenvalue weighted by molar-refractivity contribution is 7.13. The third-order valence-electron chi connectivity index (χ3n) is 3.37. The summed E-state index contributed by atoms with van der Waals surface area (Å²) >= 11 is 1.56. The van der Waals surface area contributed by atoms with E-state index in [0.29, 0.717) is 17.3 Å². The molecule has 0 bridgehead atoms. The van der Waals surface area contributed by atoms with Crippen LogP contribution in [0.3, 0.4) is 0 Å². The van der Waals surface area contributed by atoms with E-state index in [2.05, 4.69) is 4.98 Å². The molecule has 1 aliphatic heterocycles. The first kappa shape index (κ1) is 12.4. The minimum Gasteiger partial charge on any atom is -0.440 e. The predicted octanol–water partition coefficient (Wildman–Crippen LogP) is 3.34. The van der Waals surface area contributed by atoms with Gasteiger partial charge in [-0.05, 0) is 37.6 Å². The molecule has 1 aliphatic rings. The van der Waals surface area contributed by atoms with Crippen LogP contribution in [0.4, 0.5) is 0 Å². The van der Waals surface area contributed by atoms with Gasteiger partial charge in [0.1, 0.15) is 5.76 Å². The van der Waals surface area contributed by atoms with Crippen LogP contribution in [0.25, 0.3) is 10.8 Å². The van der Waals surface area contributed by atoms with Crippen molar-refractivity contribution in [2.45, 2.75) is 26.2 Å². The van der Waals surface area contributed by atoms with E-state index < -0.39 is 0 Å². The molecule has 19 heavy (non-hydrogen) atoms. The number of hydrogen-bond acceptors (Lipinski definition) is 4. The SMILES string of the molecule is Cc1oc(-c2cccs2)nc1C(=O)N1CCCCC1. The highest BCUT2D eigenvalue weighted by atomic mass is 32.1. The summed E-state index contributed by atoms with van der Waals surface area (Å²) in [6.45, 7) is 3.47. The van der Waals surface area contributed by atoms with E-state index in [1.165, 1.54) is 6.42 Å². The molecule has 0 radical (unpaired) electrons. The fourth-order valence-corrected chi connectivity index (χ4v) is 3.00. The maximum atomic E-state index is 12.4. The standard InChI is InChI=1S/C14H16N2O2S/c1-10-12(14(17)16-7-3-2-4-8-16)15-13(18-10)11-6-5-9-19-11/h5-6,9H,2-4,7-8H2,1H3. The maximum absolute atomic E-state index is 12.4. The molecule has 0 saturated carbocycles. The molecule has 0 unspecified atom stereocenters. The molecule has 0 atom stereocenters. The zero-order valence-electron chi connectivity index (χ0n) is 10.9. The number of rotatable bonds is 2. The van der Waals surface area contributed by atoms with Crippen molar-refractivity contribution in [3.05, 3.63) is 29.0 Å². The van der Waals surface area contributed by atoms with Crippen molar-refractivity contribution in [1.29, 1.82) is 0 Å². The van der Waals surface area contributed by atoms with Gasteiger partial charge in [-0.3, -0.25) is 4.79 Å². The van der Waals surface area contributed by atoms with Gasteiger partial charge >= 0.3 is 0 Å². The van der Waals surface area contributed by atoms with E-state index in [9.17, 15) is 4.79 Å². The number of aryl methyl sites for hydroxylation is 1. The molecule has 2 aromatic rings. The molecule has 4 nitrogen and oxygen atoms in total. The smallest absolute Gasteiger partial charge is 0.276 e. The molecular formula is C14H16N2O2S. The number of amides is 1. The topological polar surface area (TPSA) is 46.3 Å². The van der Waals surface area contributed by atoms with Gasteiger partial charge in [0.05, 0.1) is 4.88 Å². The zero-order chi connectivity index (χ0) is 13.2. The van der Waals surface area contributed by atoms with Gasteiger partial charge < -0.3 is 9.32 Å². The first-order valence-electron chi connectivity index (χ1n) is 6.56. The molecule has 0 spiro atoms. The van der Waals surface area contributed by atoms with E-state index in [-0.39, 0.29) is 5.91 Å². The second kappa shape index (κ2) is 5.17. The second-order valence-electron chi connectivity index (χ2n) is 4.75. The summed E-state index contributed by atoms with van der Waals surface area (Å²) in [5.41, 5.74) is 0.463. The Bertz CT molecular complexity index is 568. The second-order valence-corrected chi connectivity index (χ2v) is 5.70. The molecule has 3 heterocycles. The van der Waals surface area contributed by atoms with E-state index in [1.54, 1.807) is 18.3 Å². The van der Waals surface area contributed by atoms with Gasteiger partial charge in [-0.25, -0.2) is 4.98 Å². The Morgan fingerprint density at radius 1 is 1.37 bits per heavy atom. The van der Waals surface area contributed by atoms with E-state index in [1.807, 2.05) is 22.4 Å². The van der Waals surface area contributed by atoms with E-state index >= 15 is 0 Å². The van der Waals surface area contributed by atoms with Gasteiger partial charge in [0.25, 0.3) is 5.91 Å². The molecule has 0 N–H and O–H groups in total. The van der Waals surface area contributed by atoms with Crippen molar-refractivity contribution in [2.24, 2.45) is 0 Å². The minimum absolute atomic E-state index is 0.00348. The number of carbonyl (C=O) groups excluding carboxylic acids is 1. The number of carbonyl (C=O) groups is 1. The number of thiophene rings is 1. The number of likely N-dealkylation sites (tertiary alicyclic amines) is 1. The summed E-state index contributed by atoms with van der Waals surface area (Å²) in [6.07, 6.45) is 3.38. The number of piperidine rings is 1. The third-order valence-corrected chi connectivity index (χ3v) is 4.23. The highest BCUT2D eigenvalue weighted by Gasteiger charge is 2.24. The van der Waals surface area contributed by atoms with E-state index in [0.717, 1.165) is 30.8 Å². The largest absolute Gasteiger partial charge is 0.440 e. The number of oxazole rings is 1. The van der Waals surface area contributed by atoms with Crippen LogP contribution in [0.2, 0.25) is 0 Å². The van der Waals surface area contributed by atoms with Crippen LogP contribution in [0.15, 0.2) is 21.9 Å². The maximum Gasteiger partial charge on any atom is 0.276 e. The Hall–Kier alpha value is -1.62. The summed E-state index contributed by atoms with van der Waals surface area (Å²) in [6, 6.07) is 3.90. The van der Waals surface area contributed by atoms with Crippen molar-refractivity contribution >= 4 is 17.2 Å². The molecule has 100 valence electrons. The normalized spacial score (nSPS) is 15.7. The third kappa shape index (κ3) is 2.42. The van der Waals surface area contributed by atoms with Crippen molar-refractivity contribution < 1.29 is 9.21 Å². The molecule has 1 amide bonds. The van der Waals surface area contributed by atoms with Crippen LogP contribution in [0.5, 0.6) is 0 Å². The van der Waals surface area contributed by atoms with Gasteiger partial charge in [0.15, 0.2) is 5.69 Å². The van der Waals surface area contributed by atoms with Gasteiger partial charge in [0.2, 0.25) is 5.89 Å². The average molecular weight is 276 g/mol. The summed E-state index contributed by atoms with van der Waals surface area (Å²) in [4.78, 5) is 19.6. The Labute approximate surface area is 116 Å². The van der Waals surface area contributed by atoms with Crippen LogP contribution >= 0.6 is 11.3 Å². The summed E-state index contributed by atoms with van der Waals surface area (Å²) in [5.74, 6) is 1.16. The fourth-order valence-electron chi connectivity index (χ4n) is 2.35. The highest BCUT2D eigenvalue weighted by Crippen LogP contribution is 2.26. The molecule has 3 rings (SSSR count). The average Bonchev–Trinajstić information content (AvgIpc) is 3.08. The number of nitrogens with zero attached hydrogens (tertiary/aromatic N) is 2. The van der Waals surface area contributed by atoms with Gasteiger partial charge in [-0.2, -0.15) is 0 Å². The van der Waals surface area contributed by atoms with Crippen molar-refractivity contribution in [3.8, 4) is 10.8 Å². The van der Waals surface area contributed by atoms with Gasteiger partial charge in [-0.15, -0.1) is 11.3 Å². The van der Waals surface area contributed by atoms with Crippen molar-refractivity contribution in [3.63, 3.8) is 0 Å². The van der Waals surface area contributed by atoms with E-state index in [4.69, 9.17) is 4.42 Å². The number of hydrogen-bond donors (Lipinski definition) is 0. The Balaban J connectivity index is 1.86. The Kier molecular flexibility index (Phi) is 3.38. The Morgan fingerprint density at radius 3 is 2.84 bits per heavy atom. The summed E-state index contributed by atoms with van der Waals surface area (Å²) < 4.78 is 5.62. The first-order valence-corrected chi connectivity index (χ1v) is 7.44. The minimum atomic E-state index is 0.00348. The van der Waals surface area contributed by atoms with Crippen LogP contribution < -0.4 is 0 Å². The lowest BCUT2D eigenvalue weighted by molar-refractivity contribution is 0.0717. The summed E-state index contributed by atoms with van der Waals surface area (Å²) in [5, 5.41) is 1.97. The lowest BCUT2D eigenvalue weighted by Gasteiger charge is -2.25. The molecule has 1 fully saturated rings. The van der Waals surface area contributed by atoms with Crippen LogP contribution in [0, 0.1) is 6.92 Å². The molecule has 1 saturated heterocycles. The lowest BCUT2D eigenvalue weighted by atomic mass is 10.1. The van der Waals surface area contributed by atoms with Crippen molar-refractivity contribution in [2.75, 3.05) is 13.1 Å². The fraction of sp³-hybridized carbons (Fsp3) is 0.429. The quantitative estimate of drug-likeness (QED) is 0.845. The molecule has 2 aromatic heterocycles. The first-order chi connectivity index (χ1) is 9.25. The monoisotopic (exact) mass is 276 g/mol. The van der Waals surface area contributed by atoms with Gasteiger partial charge in [-0.1, -0.05) is 6.07 Å². The zero-order valence-corrected chi connectivity index (χ0v) is 11.7.